The molecule has 0 spiro atoms. The Hall–Kier alpha value is -3.26. The Labute approximate surface area is 162 Å². The van der Waals surface area contributed by atoms with E-state index in [4.69, 9.17) is 9.47 Å². The SMILES string of the molecule is CCOCCOc1nc(-c2ccccc2F)n(-c2ccc(NC(C)=O)cc2)n1. The smallest absolute Gasteiger partial charge is 0.336 e. The number of benzene rings is 2. The standard InChI is InChI=1S/C20H21FN4O3/c1-3-27-12-13-28-20-23-19(17-6-4-5-7-18(17)21)25(24-20)16-10-8-15(9-11-16)22-14(2)26/h4-11H,3,12-13H2,1-2H3,(H,22,26). The maximum Gasteiger partial charge on any atom is 0.336 e. The molecule has 0 fully saturated rings. The van der Waals surface area contributed by atoms with E-state index in [9.17, 15) is 9.18 Å². The number of carbonyl (C=O) groups is 1. The summed E-state index contributed by atoms with van der Waals surface area (Å²) >= 11 is 0. The Morgan fingerprint density at radius 2 is 1.89 bits per heavy atom. The predicted octanol–water partition coefficient (Wildman–Crippen LogP) is 3.45. The first-order valence-corrected chi connectivity index (χ1v) is 8.89. The minimum Gasteiger partial charge on any atom is -0.460 e. The van der Waals surface area contributed by atoms with Crippen LogP contribution in [0.15, 0.2) is 48.5 Å². The number of halogens is 1. The van der Waals surface area contributed by atoms with E-state index in [1.165, 1.54) is 17.7 Å². The highest BCUT2D eigenvalue weighted by Crippen LogP contribution is 2.26. The van der Waals surface area contributed by atoms with Crippen LogP contribution in [0.4, 0.5) is 10.1 Å². The van der Waals surface area contributed by atoms with Crippen LogP contribution in [0.25, 0.3) is 17.1 Å². The number of aromatic nitrogens is 3. The molecule has 0 saturated carbocycles. The Kier molecular flexibility index (Phi) is 6.33. The van der Waals surface area contributed by atoms with Crippen molar-refractivity contribution in [1.29, 1.82) is 0 Å². The van der Waals surface area contributed by atoms with Crippen LogP contribution in [-0.4, -0.2) is 40.5 Å². The van der Waals surface area contributed by atoms with Gasteiger partial charge < -0.3 is 14.8 Å². The van der Waals surface area contributed by atoms with E-state index in [1.54, 1.807) is 42.5 Å². The second-order valence-electron chi connectivity index (χ2n) is 5.88. The van der Waals surface area contributed by atoms with Crippen molar-refractivity contribution in [3.63, 3.8) is 0 Å². The van der Waals surface area contributed by atoms with Gasteiger partial charge in [0.05, 0.1) is 17.9 Å². The monoisotopic (exact) mass is 384 g/mol. The van der Waals surface area contributed by atoms with E-state index in [-0.39, 0.29) is 18.5 Å². The molecule has 2 aromatic carbocycles. The van der Waals surface area contributed by atoms with Crippen LogP contribution >= 0.6 is 0 Å². The fourth-order valence-corrected chi connectivity index (χ4v) is 2.58. The van der Waals surface area contributed by atoms with Gasteiger partial charge in [-0.2, -0.15) is 4.98 Å². The molecule has 8 heteroatoms. The summed E-state index contributed by atoms with van der Waals surface area (Å²) in [6.45, 7) is 4.62. The summed E-state index contributed by atoms with van der Waals surface area (Å²) < 4.78 is 26.6. The summed E-state index contributed by atoms with van der Waals surface area (Å²) in [5.41, 5.74) is 1.61. The highest BCUT2D eigenvalue weighted by atomic mass is 19.1. The summed E-state index contributed by atoms with van der Waals surface area (Å²) in [4.78, 5) is 15.5. The van der Waals surface area contributed by atoms with Crippen LogP contribution in [0.5, 0.6) is 6.01 Å². The van der Waals surface area contributed by atoms with Gasteiger partial charge in [-0.3, -0.25) is 4.79 Å². The Morgan fingerprint density at radius 3 is 2.57 bits per heavy atom. The van der Waals surface area contributed by atoms with E-state index in [0.29, 0.717) is 36.0 Å². The summed E-state index contributed by atoms with van der Waals surface area (Å²) in [5, 5.41) is 7.06. The molecule has 1 amide bonds. The van der Waals surface area contributed by atoms with Crippen molar-refractivity contribution in [3.8, 4) is 23.1 Å². The Bertz CT molecular complexity index is 941. The van der Waals surface area contributed by atoms with Gasteiger partial charge in [-0.15, -0.1) is 5.10 Å². The van der Waals surface area contributed by atoms with Crippen LogP contribution in [0.1, 0.15) is 13.8 Å². The largest absolute Gasteiger partial charge is 0.460 e. The lowest BCUT2D eigenvalue weighted by Crippen LogP contribution is -2.07. The lowest BCUT2D eigenvalue weighted by molar-refractivity contribution is -0.114. The van der Waals surface area contributed by atoms with Crippen molar-refractivity contribution in [2.24, 2.45) is 0 Å². The topological polar surface area (TPSA) is 78.3 Å². The molecule has 0 saturated heterocycles. The number of ether oxygens (including phenoxy) is 2. The van der Waals surface area contributed by atoms with E-state index in [0.717, 1.165) is 0 Å². The molecule has 1 N–H and O–H groups in total. The average molecular weight is 384 g/mol. The molecule has 1 aromatic heterocycles. The maximum atomic E-state index is 14.4. The molecule has 3 rings (SSSR count). The molecular formula is C20H21FN4O3. The maximum absolute atomic E-state index is 14.4. The summed E-state index contributed by atoms with van der Waals surface area (Å²) in [5.74, 6) is -0.255. The molecular weight excluding hydrogens is 363 g/mol. The second kappa shape index (κ2) is 9.09. The molecule has 28 heavy (non-hydrogen) atoms. The van der Waals surface area contributed by atoms with Crippen molar-refractivity contribution >= 4 is 11.6 Å². The Balaban J connectivity index is 1.94. The van der Waals surface area contributed by atoms with Gasteiger partial charge in [0.15, 0.2) is 5.82 Å². The molecule has 3 aromatic rings. The van der Waals surface area contributed by atoms with Gasteiger partial charge in [0.2, 0.25) is 5.91 Å². The summed E-state index contributed by atoms with van der Waals surface area (Å²) in [6.07, 6.45) is 0. The van der Waals surface area contributed by atoms with Crippen molar-refractivity contribution in [2.45, 2.75) is 13.8 Å². The van der Waals surface area contributed by atoms with Gasteiger partial charge in [-0.1, -0.05) is 12.1 Å². The number of anilines is 1. The van der Waals surface area contributed by atoms with Crippen LogP contribution in [0.2, 0.25) is 0 Å². The van der Waals surface area contributed by atoms with Crippen LogP contribution in [-0.2, 0) is 9.53 Å². The highest BCUT2D eigenvalue weighted by molar-refractivity contribution is 5.88. The van der Waals surface area contributed by atoms with Gasteiger partial charge in [-0.25, -0.2) is 9.07 Å². The molecule has 0 aliphatic rings. The third-order valence-corrected chi connectivity index (χ3v) is 3.80. The number of hydrogen-bond donors (Lipinski definition) is 1. The number of carbonyl (C=O) groups excluding carboxylic acids is 1. The van der Waals surface area contributed by atoms with Crippen LogP contribution in [0.3, 0.4) is 0 Å². The zero-order valence-electron chi connectivity index (χ0n) is 15.7. The fraction of sp³-hybridized carbons (Fsp3) is 0.250. The minimum absolute atomic E-state index is 0.129. The molecule has 7 nitrogen and oxygen atoms in total. The van der Waals surface area contributed by atoms with E-state index < -0.39 is 5.82 Å². The van der Waals surface area contributed by atoms with Crippen molar-refractivity contribution in [1.82, 2.24) is 14.8 Å². The molecule has 0 bridgehead atoms. The third kappa shape index (κ3) is 4.72. The number of hydrogen-bond acceptors (Lipinski definition) is 5. The first-order valence-electron chi connectivity index (χ1n) is 8.89. The molecule has 1 heterocycles. The number of nitrogens with zero attached hydrogens (tertiary/aromatic N) is 3. The molecule has 0 radical (unpaired) electrons. The van der Waals surface area contributed by atoms with Gasteiger partial charge in [0.1, 0.15) is 12.4 Å². The zero-order valence-corrected chi connectivity index (χ0v) is 15.7. The van der Waals surface area contributed by atoms with Crippen molar-refractivity contribution < 1.29 is 18.7 Å². The third-order valence-electron chi connectivity index (χ3n) is 3.80. The minimum atomic E-state index is -0.410. The molecule has 0 atom stereocenters. The van der Waals surface area contributed by atoms with Crippen LogP contribution in [0, 0.1) is 5.82 Å². The molecule has 146 valence electrons. The molecule has 0 aliphatic carbocycles. The lowest BCUT2D eigenvalue weighted by Gasteiger charge is -2.08. The molecule has 0 aliphatic heterocycles. The second-order valence-corrected chi connectivity index (χ2v) is 5.88. The summed E-state index contributed by atoms with van der Waals surface area (Å²) in [6, 6.07) is 13.5. The van der Waals surface area contributed by atoms with E-state index >= 15 is 0 Å². The quantitative estimate of drug-likeness (QED) is 0.602. The lowest BCUT2D eigenvalue weighted by atomic mass is 10.2. The highest BCUT2D eigenvalue weighted by Gasteiger charge is 2.17. The van der Waals surface area contributed by atoms with Crippen LogP contribution < -0.4 is 10.1 Å². The van der Waals surface area contributed by atoms with Gasteiger partial charge in [0.25, 0.3) is 0 Å². The van der Waals surface area contributed by atoms with E-state index in [1.807, 2.05) is 6.92 Å². The number of nitrogens with one attached hydrogen (secondary N) is 1. The number of rotatable bonds is 8. The zero-order chi connectivity index (χ0) is 19.9. The molecule has 0 unspecified atom stereocenters. The fourth-order valence-electron chi connectivity index (χ4n) is 2.58. The number of amides is 1. The van der Waals surface area contributed by atoms with Gasteiger partial charge >= 0.3 is 6.01 Å². The average Bonchev–Trinajstić information content (AvgIpc) is 3.10. The van der Waals surface area contributed by atoms with Crippen molar-refractivity contribution in [3.05, 3.63) is 54.3 Å². The normalized spacial score (nSPS) is 10.7. The predicted molar refractivity (Wildman–Crippen MR) is 103 cm³/mol. The van der Waals surface area contributed by atoms with Crippen molar-refractivity contribution in [2.75, 3.05) is 25.1 Å². The first-order chi connectivity index (χ1) is 13.6. The van der Waals surface area contributed by atoms with E-state index in [2.05, 4.69) is 15.4 Å². The Morgan fingerprint density at radius 1 is 1.14 bits per heavy atom. The van der Waals surface area contributed by atoms with Gasteiger partial charge in [0, 0.05) is 19.2 Å². The van der Waals surface area contributed by atoms with Gasteiger partial charge in [-0.05, 0) is 43.3 Å². The summed E-state index contributed by atoms with van der Waals surface area (Å²) in [7, 11) is 0. The first kappa shape index (κ1) is 19.5.